The molecule has 0 spiro atoms. The zero-order chi connectivity index (χ0) is 20.1. The minimum Gasteiger partial charge on any atom is -0.475 e. The minimum absolute atomic E-state index is 0.0287. The van der Waals surface area contributed by atoms with Gasteiger partial charge in [0, 0.05) is 3.57 Å². The summed E-state index contributed by atoms with van der Waals surface area (Å²) in [6, 6.07) is 4.31. The first kappa shape index (κ1) is 21.8. The summed E-state index contributed by atoms with van der Waals surface area (Å²) in [6.45, 7) is 0. The molecule has 1 aromatic rings. The van der Waals surface area contributed by atoms with Crippen LogP contribution in [-0.4, -0.2) is 29.4 Å². The number of allylic oxidation sites excluding steroid dienone is 4. The second-order valence-corrected chi connectivity index (χ2v) is 5.81. The largest absolute Gasteiger partial charge is 0.490 e. The van der Waals surface area contributed by atoms with Crippen LogP contribution in [0.4, 0.5) is 32.0 Å². The summed E-state index contributed by atoms with van der Waals surface area (Å²) in [6.07, 6.45) is -4.98. The molecule has 26 heavy (non-hydrogen) atoms. The quantitative estimate of drug-likeness (QED) is 0.368. The zero-order valence-electron chi connectivity index (χ0n) is 12.4. The molecule has 0 radical (unpaired) electrons. The van der Waals surface area contributed by atoms with Crippen molar-refractivity contribution in [3.63, 3.8) is 0 Å². The van der Waals surface area contributed by atoms with Gasteiger partial charge in [0.05, 0.1) is 17.0 Å². The fourth-order valence-electron chi connectivity index (χ4n) is 1.53. The normalized spacial score (nSPS) is 16.6. The second kappa shape index (κ2) is 8.90. The van der Waals surface area contributed by atoms with Crippen LogP contribution in [0.25, 0.3) is 0 Å². The lowest BCUT2D eigenvalue weighted by molar-refractivity contribution is -0.192. The number of carbonyl (C=O) groups is 1. The molecule has 1 unspecified atom stereocenters. The molecule has 1 aliphatic carbocycles. The summed E-state index contributed by atoms with van der Waals surface area (Å²) in [5, 5.41) is 9.58. The van der Waals surface area contributed by atoms with Gasteiger partial charge in [-0.05, 0) is 52.9 Å². The van der Waals surface area contributed by atoms with E-state index in [4.69, 9.17) is 9.90 Å². The lowest BCUT2D eigenvalue weighted by atomic mass is 10.0. The fraction of sp³-hybridized carbons (Fsp3) is 0.133. The van der Waals surface area contributed by atoms with Gasteiger partial charge >= 0.3 is 12.1 Å². The molecule has 0 fully saturated rings. The molecule has 11 heteroatoms. The molecule has 2 rings (SSSR count). The Kier molecular flexibility index (Phi) is 7.45. The number of benzene rings is 1. The Bertz CT molecular complexity index is 812. The van der Waals surface area contributed by atoms with Gasteiger partial charge in [-0.25, -0.2) is 22.8 Å². The zero-order valence-corrected chi connectivity index (χ0v) is 14.5. The van der Waals surface area contributed by atoms with Crippen molar-refractivity contribution < 1.29 is 41.0 Å². The van der Waals surface area contributed by atoms with E-state index >= 15 is 0 Å². The van der Waals surface area contributed by atoms with E-state index in [0.29, 0.717) is 3.57 Å². The van der Waals surface area contributed by atoms with Crippen LogP contribution in [0.5, 0.6) is 0 Å². The Morgan fingerprint density at radius 2 is 1.81 bits per heavy atom. The van der Waals surface area contributed by atoms with Crippen LogP contribution in [0, 0.1) is 9.39 Å². The molecule has 0 bridgehead atoms. The third kappa shape index (κ3) is 5.92. The van der Waals surface area contributed by atoms with Gasteiger partial charge in [0.2, 0.25) is 0 Å². The Hall–Kier alpha value is -2.27. The predicted octanol–water partition coefficient (Wildman–Crippen LogP) is 4.32. The van der Waals surface area contributed by atoms with Crippen LogP contribution in [0.2, 0.25) is 0 Å². The number of carboxylic acids is 1. The molecule has 1 atom stereocenters. The molecule has 1 aliphatic rings. The van der Waals surface area contributed by atoms with Gasteiger partial charge in [0.15, 0.2) is 12.0 Å². The molecule has 2 N–H and O–H groups in total. The average molecular weight is 491 g/mol. The minimum atomic E-state index is -5.08. The Morgan fingerprint density at radius 3 is 2.27 bits per heavy atom. The number of carbonyl (C=O) groups excluding carboxylic acids is 1. The maximum Gasteiger partial charge on any atom is 0.490 e. The van der Waals surface area contributed by atoms with E-state index < -0.39 is 35.5 Å². The van der Waals surface area contributed by atoms with Crippen LogP contribution in [0.3, 0.4) is 0 Å². The summed E-state index contributed by atoms with van der Waals surface area (Å²) >= 11 is 1.93. The Morgan fingerprint density at radius 1 is 1.23 bits per heavy atom. The number of rotatable bonds is 2. The lowest BCUT2D eigenvalue weighted by Crippen LogP contribution is -2.21. The monoisotopic (exact) mass is 491 g/mol. The van der Waals surface area contributed by atoms with Gasteiger partial charge in [-0.2, -0.15) is 13.2 Å². The Labute approximate surface area is 156 Å². The first-order valence-corrected chi connectivity index (χ1v) is 7.54. The van der Waals surface area contributed by atoms with Gasteiger partial charge in [0.25, 0.3) is 0 Å². The van der Waals surface area contributed by atoms with Crippen LogP contribution in [-0.2, 0) is 9.59 Å². The van der Waals surface area contributed by atoms with Crippen molar-refractivity contribution in [3.8, 4) is 0 Å². The molecule has 4 nitrogen and oxygen atoms in total. The lowest BCUT2D eigenvalue weighted by Gasteiger charge is -2.16. The van der Waals surface area contributed by atoms with Crippen molar-refractivity contribution in [3.05, 3.63) is 56.8 Å². The highest BCUT2D eigenvalue weighted by Gasteiger charge is 2.38. The summed E-state index contributed by atoms with van der Waals surface area (Å²) in [4.78, 5) is 19.2. The molecule has 0 saturated heterocycles. The van der Waals surface area contributed by atoms with E-state index in [9.17, 15) is 31.1 Å². The van der Waals surface area contributed by atoms with Crippen LogP contribution < -0.4 is 5.32 Å². The standard InChI is InChI=1S/C13H7F3INO.C2HF3O2/c14-9-5-8(17)2-4-10(9)18-11-3-1-7(6-19)12(15)13(11)16;3-2(4,5)1(6)7/h1-5,12,18H;(H,6,7). The molecule has 0 saturated carbocycles. The summed E-state index contributed by atoms with van der Waals surface area (Å²) in [7, 11) is 0. The van der Waals surface area contributed by atoms with Gasteiger partial charge < -0.3 is 10.4 Å². The third-order valence-corrected chi connectivity index (χ3v) is 3.41. The van der Waals surface area contributed by atoms with E-state index in [-0.39, 0.29) is 11.4 Å². The van der Waals surface area contributed by atoms with Crippen molar-refractivity contribution >= 4 is 40.2 Å². The van der Waals surface area contributed by atoms with Crippen LogP contribution in [0.15, 0.2) is 47.4 Å². The van der Waals surface area contributed by atoms with Crippen LogP contribution >= 0.6 is 22.6 Å². The maximum absolute atomic E-state index is 13.6. The smallest absolute Gasteiger partial charge is 0.475 e. The van der Waals surface area contributed by atoms with Gasteiger partial charge in [0.1, 0.15) is 11.8 Å². The number of hydrogen-bond donors (Lipinski definition) is 2. The highest BCUT2D eigenvalue weighted by atomic mass is 127. The molecular formula is C15H8F6INO3. The van der Waals surface area contributed by atoms with Crippen molar-refractivity contribution in [1.82, 2.24) is 0 Å². The van der Waals surface area contributed by atoms with Crippen molar-refractivity contribution in [1.29, 1.82) is 0 Å². The second-order valence-electron chi connectivity index (χ2n) is 4.57. The van der Waals surface area contributed by atoms with E-state index in [1.165, 1.54) is 24.2 Å². The number of carboxylic acid groups (broad SMARTS) is 1. The number of halogens is 7. The number of anilines is 1. The van der Waals surface area contributed by atoms with E-state index in [0.717, 1.165) is 6.08 Å². The summed E-state index contributed by atoms with van der Waals surface area (Å²) in [5.74, 6) is -3.19. The van der Waals surface area contributed by atoms with E-state index in [2.05, 4.69) is 5.32 Å². The molecule has 0 aromatic heterocycles. The first-order chi connectivity index (χ1) is 12.0. The SMILES string of the molecule is O=C(O)C(F)(F)F.O=C=C1C=CC(Nc2ccc(I)cc2F)=C(F)C1F. The van der Waals surface area contributed by atoms with E-state index in [1.54, 1.807) is 6.07 Å². The topological polar surface area (TPSA) is 66.4 Å². The van der Waals surface area contributed by atoms with Crippen molar-refractivity contribution in [2.75, 3.05) is 5.32 Å². The predicted molar refractivity (Wildman–Crippen MR) is 87.8 cm³/mol. The van der Waals surface area contributed by atoms with Gasteiger partial charge in [-0.1, -0.05) is 0 Å². The number of aliphatic carboxylic acids is 1. The highest BCUT2D eigenvalue weighted by molar-refractivity contribution is 14.1. The van der Waals surface area contributed by atoms with Gasteiger partial charge in [-0.3, -0.25) is 0 Å². The summed E-state index contributed by atoms with van der Waals surface area (Å²) in [5.41, 5.74) is -0.612. The molecule has 0 heterocycles. The summed E-state index contributed by atoms with van der Waals surface area (Å²) < 4.78 is 73.1. The first-order valence-electron chi connectivity index (χ1n) is 6.46. The molecule has 140 valence electrons. The molecule has 1 aromatic carbocycles. The molecule has 0 amide bonds. The van der Waals surface area contributed by atoms with E-state index in [1.807, 2.05) is 22.6 Å². The number of nitrogens with one attached hydrogen (secondary N) is 1. The number of hydrogen-bond acceptors (Lipinski definition) is 3. The maximum atomic E-state index is 13.6. The highest BCUT2D eigenvalue weighted by Crippen LogP contribution is 2.28. The van der Waals surface area contributed by atoms with Crippen LogP contribution in [0.1, 0.15) is 0 Å². The Balaban J connectivity index is 0.000000412. The van der Waals surface area contributed by atoms with Crippen molar-refractivity contribution in [2.45, 2.75) is 12.3 Å². The van der Waals surface area contributed by atoms with Crippen molar-refractivity contribution in [2.24, 2.45) is 0 Å². The van der Waals surface area contributed by atoms with Gasteiger partial charge in [-0.15, -0.1) is 0 Å². The average Bonchev–Trinajstić information content (AvgIpc) is 2.54. The number of alkyl halides is 4. The molecular weight excluding hydrogens is 483 g/mol. The fourth-order valence-corrected chi connectivity index (χ4v) is 1.99. The third-order valence-electron chi connectivity index (χ3n) is 2.74. The molecule has 0 aliphatic heterocycles.